The lowest BCUT2D eigenvalue weighted by molar-refractivity contribution is -0.125. The molecule has 0 fully saturated rings. The molecule has 0 radical (unpaired) electrons. The molecule has 0 aromatic carbocycles. The minimum absolute atomic E-state index is 0.0777. The first-order valence-corrected chi connectivity index (χ1v) is 4.64. The monoisotopic (exact) mass is 216 g/mol. The number of nitrogens with one attached hydrogen (secondary N) is 1. The molecule has 0 saturated heterocycles. The van der Waals surface area contributed by atoms with Crippen LogP contribution in [0.3, 0.4) is 0 Å². The number of aromatic nitrogens is 2. The maximum Gasteiger partial charge on any atom is 0.238 e. The molecule has 2 atom stereocenters. The summed E-state index contributed by atoms with van der Waals surface area (Å²) >= 11 is 5.71. The topological polar surface area (TPSA) is 72.9 Å². The van der Waals surface area contributed by atoms with Gasteiger partial charge in [-0.05, 0) is 6.92 Å². The highest BCUT2D eigenvalue weighted by molar-refractivity contribution is 6.30. The number of hydrazine groups is 1. The van der Waals surface area contributed by atoms with E-state index in [1.54, 1.807) is 17.8 Å². The quantitative estimate of drug-likeness (QED) is 0.444. The Morgan fingerprint density at radius 3 is 2.79 bits per heavy atom. The van der Waals surface area contributed by atoms with Gasteiger partial charge in [-0.1, -0.05) is 18.5 Å². The average Bonchev–Trinajstić information content (AvgIpc) is 2.61. The van der Waals surface area contributed by atoms with Crippen LogP contribution in [0.5, 0.6) is 0 Å². The maximum absolute atomic E-state index is 11.2. The number of nitrogens with two attached hydrogens (primary N) is 1. The standard InChI is InChI=1S/C8H13ClN4O/c1-5(8(14)12-10)6(2)13-4-7(9)3-11-13/h3-6H,10H2,1-2H3,(H,12,14). The van der Waals surface area contributed by atoms with Gasteiger partial charge in [-0.25, -0.2) is 5.84 Å². The summed E-state index contributed by atoms with van der Waals surface area (Å²) in [6.07, 6.45) is 3.21. The van der Waals surface area contributed by atoms with Crippen molar-refractivity contribution in [2.75, 3.05) is 0 Å². The molecule has 0 aliphatic carbocycles. The minimum Gasteiger partial charge on any atom is -0.294 e. The van der Waals surface area contributed by atoms with Crippen molar-refractivity contribution in [3.8, 4) is 0 Å². The van der Waals surface area contributed by atoms with Crippen LogP contribution in [0.15, 0.2) is 12.4 Å². The highest BCUT2D eigenvalue weighted by Crippen LogP contribution is 2.18. The predicted octanol–water partition coefficient (Wildman–Crippen LogP) is 0.724. The van der Waals surface area contributed by atoms with Gasteiger partial charge in [0.1, 0.15) is 0 Å². The first-order valence-electron chi connectivity index (χ1n) is 4.26. The molecule has 14 heavy (non-hydrogen) atoms. The van der Waals surface area contributed by atoms with E-state index in [4.69, 9.17) is 17.4 Å². The van der Waals surface area contributed by atoms with Crippen molar-refractivity contribution in [1.82, 2.24) is 15.2 Å². The fourth-order valence-electron chi connectivity index (χ4n) is 1.12. The van der Waals surface area contributed by atoms with Crippen LogP contribution in [-0.2, 0) is 4.79 Å². The molecule has 5 nitrogen and oxygen atoms in total. The lowest BCUT2D eigenvalue weighted by Gasteiger charge is -2.18. The fraction of sp³-hybridized carbons (Fsp3) is 0.500. The maximum atomic E-state index is 11.2. The fourth-order valence-corrected chi connectivity index (χ4v) is 1.26. The van der Waals surface area contributed by atoms with Gasteiger partial charge in [0.25, 0.3) is 0 Å². The minimum atomic E-state index is -0.254. The van der Waals surface area contributed by atoms with Gasteiger partial charge in [-0.3, -0.25) is 14.9 Å². The lowest BCUT2D eigenvalue weighted by atomic mass is 10.0. The molecule has 0 saturated carbocycles. The van der Waals surface area contributed by atoms with E-state index in [1.165, 1.54) is 6.20 Å². The van der Waals surface area contributed by atoms with E-state index in [0.29, 0.717) is 5.02 Å². The van der Waals surface area contributed by atoms with Crippen LogP contribution < -0.4 is 11.3 Å². The zero-order chi connectivity index (χ0) is 10.7. The molecule has 1 amide bonds. The first kappa shape index (κ1) is 11.0. The third kappa shape index (κ3) is 2.24. The van der Waals surface area contributed by atoms with Crippen LogP contribution in [0.4, 0.5) is 0 Å². The lowest BCUT2D eigenvalue weighted by Crippen LogP contribution is -2.37. The molecular formula is C8H13ClN4O. The third-order valence-electron chi connectivity index (χ3n) is 2.27. The molecule has 0 aliphatic heterocycles. The molecule has 1 aromatic heterocycles. The summed E-state index contributed by atoms with van der Waals surface area (Å²) in [5.74, 6) is 4.57. The summed E-state index contributed by atoms with van der Waals surface area (Å²) in [6, 6.07) is -0.0777. The molecular weight excluding hydrogens is 204 g/mol. The molecule has 6 heteroatoms. The SMILES string of the molecule is CC(C(=O)NN)C(C)n1cc(Cl)cn1. The highest BCUT2D eigenvalue weighted by Gasteiger charge is 2.21. The first-order chi connectivity index (χ1) is 6.56. The van der Waals surface area contributed by atoms with Crippen LogP contribution in [0.1, 0.15) is 19.9 Å². The summed E-state index contributed by atoms with van der Waals surface area (Å²) in [5.41, 5.74) is 2.11. The second kappa shape index (κ2) is 4.43. The number of amides is 1. The number of carbonyl (C=O) groups is 1. The average molecular weight is 217 g/mol. The molecule has 0 aliphatic rings. The zero-order valence-electron chi connectivity index (χ0n) is 8.07. The van der Waals surface area contributed by atoms with Crippen molar-refractivity contribution in [2.45, 2.75) is 19.9 Å². The number of hydrogen-bond acceptors (Lipinski definition) is 3. The van der Waals surface area contributed by atoms with Crippen molar-refractivity contribution in [3.05, 3.63) is 17.4 Å². The van der Waals surface area contributed by atoms with E-state index >= 15 is 0 Å². The second-order valence-corrected chi connectivity index (χ2v) is 3.61. The smallest absolute Gasteiger partial charge is 0.238 e. The Morgan fingerprint density at radius 2 is 2.36 bits per heavy atom. The Hall–Kier alpha value is -1.07. The summed E-state index contributed by atoms with van der Waals surface area (Å²) in [6.45, 7) is 3.66. The van der Waals surface area contributed by atoms with E-state index in [-0.39, 0.29) is 17.9 Å². The second-order valence-electron chi connectivity index (χ2n) is 3.18. The molecule has 78 valence electrons. The van der Waals surface area contributed by atoms with E-state index in [9.17, 15) is 4.79 Å². The van der Waals surface area contributed by atoms with Crippen molar-refractivity contribution in [2.24, 2.45) is 11.8 Å². The van der Waals surface area contributed by atoms with Gasteiger partial charge in [0.05, 0.1) is 23.2 Å². The number of nitrogens with zero attached hydrogens (tertiary/aromatic N) is 2. The summed E-state index contributed by atoms with van der Waals surface area (Å²) in [5, 5.41) is 4.57. The van der Waals surface area contributed by atoms with Crippen molar-refractivity contribution < 1.29 is 4.79 Å². The molecule has 1 aromatic rings. The van der Waals surface area contributed by atoms with Crippen molar-refractivity contribution >= 4 is 17.5 Å². The van der Waals surface area contributed by atoms with Crippen LogP contribution in [0.25, 0.3) is 0 Å². The zero-order valence-corrected chi connectivity index (χ0v) is 8.82. The number of rotatable bonds is 3. The van der Waals surface area contributed by atoms with E-state index in [0.717, 1.165) is 0 Å². The van der Waals surface area contributed by atoms with Crippen LogP contribution in [0, 0.1) is 5.92 Å². The van der Waals surface area contributed by atoms with Gasteiger partial charge < -0.3 is 0 Å². The van der Waals surface area contributed by atoms with E-state index in [1.807, 2.05) is 6.92 Å². The Balaban J connectivity index is 2.74. The number of hydrogen-bond donors (Lipinski definition) is 2. The van der Waals surface area contributed by atoms with Gasteiger partial charge >= 0.3 is 0 Å². The third-order valence-corrected chi connectivity index (χ3v) is 2.46. The Kier molecular flexibility index (Phi) is 3.49. The highest BCUT2D eigenvalue weighted by atomic mass is 35.5. The number of carbonyl (C=O) groups excluding carboxylic acids is 1. The van der Waals surface area contributed by atoms with Gasteiger partial charge in [0, 0.05) is 6.20 Å². The normalized spacial score (nSPS) is 14.9. The number of halogens is 1. The van der Waals surface area contributed by atoms with Crippen molar-refractivity contribution in [3.63, 3.8) is 0 Å². The molecule has 2 unspecified atom stereocenters. The summed E-state index contributed by atoms with van der Waals surface area (Å²) in [7, 11) is 0. The van der Waals surface area contributed by atoms with E-state index < -0.39 is 0 Å². The molecule has 1 rings (SSSR count). The van der Waals surface area contributed by atoms with Crippen LogP contribution in [0.2, 0.25) is 5.02 Å². The van der Waals surface area contributed by atoms with Crippen LogP contribution >= 0.6 is 11.6 Å². The molecule has 1 heterocycles. The largest absolute Gasteiger partial charge is 0.294 e. The van der Waals surface area contributed by atoms with E-state index in [2.05, 4.69) is 10.5 Å². The van der Waals surface area contributed by atoms with Crippen molar-refractivity contribution in [1.29, 1.82) is 0 Å². The Morgan fingerprint density at radius 1 is 1.71 bits per heavy atom. The predicted molar refractivity (Wildman–Crippen MR) is 53.4 cm³/mol. The van der Waals surface area contributed by atoms with Gasteiger partial charge in [-0.2, -0.15) is 5.10 Å². The Bertz CT molecular complexity index is 325. The summed E-state index contributed by atoms with van der Waals surface area (Å²) < 4.78 is 1.64. The van der Waals surface area contributed by atoms with Crippen LogP contribution in [-0.4, -0.2) is 15.7 Å². The summed E-state index contributed by atoms with van der Waals surface area (Å²) in [4.78, 5) is 11.2. The molecule has 0 bridgehead atoms. The van der Waals surface area contributed by atoms with Gasteiger partial charge in [-0.15, -0.1) is 0 Å². The Labute approximate surface area is 87.2 Å². The molecule has 3 N–H and O–H groups in total. The van der Waals surface area contributed by atoms with Gasteiger partial charge in [0.2, 0.25) is 5.91 Å². The molecule has 0 spiro atoms. The van der Waals surface area contributed by atoms with Gasteiger partial charge in [0.15, 0.2) is 0 Å².